The Balaban J connectivity index is 1.91. The van der Waals surface area contributed by atoms with Crippen molar-refractivity contribution in [1.29, 1.82) is 0 Å². The second kappa shape index (κ2) is 8.50. The van der Waals surface area contributed by atoms with Crippen LogP contribution < -0.4 is 5.32 Å². The van der Waals surface area contributed by atoms with E-state index in [2.05, 4.69) is 5.32 Å². The fourth-order valence-electron chi connectivity index (χ4n) is 2.24. The predicted octanol–water partition coefficient (Wildman–Crippen LogP) is 3.43. The Kier molecular flexibility index (Phi) is 6.38. The van der Waals surface area contributed by atoms with Crippen LogP contribution in [0.15, 0.2) is 48.5 Å². The summed E-state index contributed by atoms with van der Waals surface area (Å²) in [6.45, 7) is 4.75. The molecule has 0 aliphatic carbocycles. The number of amides is 2. The Morgan fingerprint density at radius 1 is 1.04 bits per heavy atom. The number of likely N-dealkylation sites (N-methyl/N-ethyl adjacent to an activating group) is 1. The van der Waals surface area contributed by atoms with Gasteiger partial charge in [-0.15, -0.1) is 0 Å². The summed E-state index contributed by atoms with van der Waals surface area (Å²) < 4.78 is 0. The summed E-state index contributed by atoms with van der Waals surface area (Å²) in [4.78, 5) is 26.1. The van der Waals surface area contributed by atoms with Gasteiger partial charge in [-0.25, -0.2) is 0 Å². The minimum absolute atomic E-state index is 0.0385. The van der Waals surface area contributed by atoms with E-state index >= 15 is 0 Å². The molecular formula is C19H21ClN2O2. The Morgan fingerprint density at radius 3 is 2.25 bits per heavy atom. The van der Waals surface area contributed by atoms with E-state index in [1.54, 1.807) is 24.3 Å². The Bertz CT molecular complexity index is 696. The number of hydrogen-bond acceptors (Lipinski definition) is 2. The van der Waals surface area contributed by atoms with Crippen LogP contribution in [0, 0.1) is 6.92 Å². The van der Waals surface area contributed by atoms with E-state index in [-0.39, 0.29) is 18.4 Å². The molecule has 0 atom stereocenters. The van der Waals surface area contributed by atoms with Crippen molar-refractivity contribution in [2.24, 2.45) is 0 Å². The van der Waals surface area contributed by atoms with Gasteiger partial charge in [0.15, 0.2) is 0 Å². The smallest absolute Gasteiger partial charge is 0.254 e. The quantitative estimate of drug-likeness (QED) is 0.872. The molecule has 0 bridgehead atoms. The second-order valence-corrected chi connectivity index (χ2v) is 6.02. The van der Waals surface area contributed by atoms with Crippen LogP contribution in [-0.2, 0) is 11.3 Å². The summed E-state index contributed by atoms with van der Waals surface area (Å²) >= 11 is 5.83. The highest BCUT2D eigenvalue weighted by Gasteiger charge is 2.17. The lowest BCUT2D eigenvalue weighted by molar-refractivity contribution is -0.121. The van der Waals surface area contributed by atoms with Gasteiger partial charge in [0, 0.05) is 23.7 Å². The molecule has 0 unspecified atom stereocenters. The maximum atomic E-state index is 12.5. The van der Waals surface area contributed by atoms with Crippen molar-refractivity contribution < 1.29 is 9.59 Å². The molecule has 2 amide bonds. The number of nitrogens with one attached hydrogen (secondary N) is 1. The Labute approximate surface area is 147 Å². The third kappa shape index (κ3) is 5.10. The number of carbonyl (C=O) groups is 2. The van der Waals surface area contributed by atoms with Crippen LogP contribution in [0.25, 0.3) is 0 Å². The first-order chi connectivity index (χ1) is 11.5. The molecular weight excluding hydrogens is 324 g/mol. The lowest BCUT2D eigenvalue weighted by Crippen LogP contribution is -2.40. The van der Waals surface area contributed by atoms with Gasteiger partial charge < -0.3 is 10.2 Å². The highest BCUT2D eigenvalue weighted by Crippen LogP contribution is 2.09. The van der Waals surface area contributed by atoms with Crippen molar-refractivity contribution in [2.45, 2.75) is 20.4 Å². The zero-order valence-electron chi connectivity index (χ0n) is 13.9. The van der Waals surface area contributed by atoms with Crippen LogP contribution in [0.1, 0.15) is 28.4 Å². The third-order valence-corrected chi connectivity index (χ3v) is 3.96. The molecule has 0 saturated carbocycles. The molecule has 24 heavy (non-hydrogen) atoms. The van der Waals surface area contributed by atoms with Crippen LogP contribution in [0.2, 0.25) is 5.02 Å². The lowest BCUT2D eigenvalue weighted by atomic mass is 10.1. The fourth-order valence-corrected chi connectivity index (χ4v) is 2.36. The minimum Gasteiger partial charge on any atom is -0.350 e. The average molecular weight is 345 g/mol. The van der Waals surface area contributed by atoms with Crippen LogP contribution in [0.3, 0.4) is 0 Å². The van der Waals surface area contributed by atoms with E-state index in [9.17, 15) is 9.59 Å². The molecule has 2 rings (SSSR count). The Morgan fingerprint density at radius 2 is 1.67 bits per heavy atom. The first-order valence-corrected chi connectivity index (χ1v) is 8.24. The first-order valence-electron chi connectivity index (χ1n) is 7.86. The molecule has 0 aliphatic heterocycles. The standard InChI is InChI=1S/C19H21ClN2O2/c1-3-22(19(24)16-8-4-14(2)5-9-16)13-18(23)21-12-15-6-10-17(20)11-7-15/h4-11H,3,12-13H2,1-2H3,(H,21,23). The SMILES string of the molecule is CCN(CC(=O)NCc1ccc(Cl)cc1)C(=O)c1ccc(C)cc1. The average Bonchev–Trinajstić information content (AvgIpc) is 2.59. The zero-order chi connectivity index (χ0) is 17.5. The zero-order valence-corrected chi connectivity index (χ0v) is 14.6. The van der Waals surface area contributed by atoms with Crippen molar-refractivity contribution in [1.82, 2.24) is 10.2 Å². The highest BCUT2D eigenvalue weighted by atomic mass is 35.5. The fraction of sp³-hybridized carbons (Fsp3) is 0.263. The van der Waals surface area contributed by atoms with Gasteiger partial charge >= 0.3 is 0 Å². The van der Waals surface area contributed by atoms with Crippen molar-refractivity contribution >= 4 is 23.4 Å². The number of benzene rings is 2. The summed E-state index contributed by atoms with van der Waals surface area (Å²) in [5.41, 5.74) is 2.64. The largest absolute Gasteiger partial charge is 0.350 e. The molecule has 0 saturated heterocycles. The Hall–Kier alpha value is -2.33. The van der Waals surface area contributed by atoms with E-state index < -0.39 is 0 Å². The number of halogens is 1. The molecule has 2 aromatic rings. The van der Waals surface area contributed by atoms with Crippen LogP contribution in [0.5, 0.6) is 0 Å². The summed E-state index contributed by atoms with van der Waals surface area (Å²) in [5, 5.41) is 3.48. The molecule has 0 heterocycles. The van der Waals surface area contributed by atoms with Crippen molar-refractivity contribution in [3.63, 3.8) is 0 Å². The van der Waals surface area contributed by atoms with Gasteiger partial charge in [0.2, 0.25) is 5.91 Å². The molecule has 2 aromatic carbocycles. The minimum atomic E-state index is -0.188. The van der Waals surface area contributed by atoms with Crippen molar-refractivity contribution in [2.75, 3.05) is 13.1 Å². The van der Waals surface area contributed by atoms with Crippen molar-refractivity contribution in [3.8, 4) is 0 Å². The van der Waals surface area contributed by atoms with Gasteiger partial charge in [-0.3, -0.25) is 9.59 Å². The van der Waals surface area contributed by atoms with E-state index in [1.807, 2.05) is 38.1 Å². The van der Waals surface area contributed by atoms with E-state index in [1.165, 1.54) is 4.90 Å². The predicted molar refractivity (Wildman–Crippen MR) is 96.1 cm³/mol. The van der Waals surface area contributed by atoms with Crippen LogP contribution in [0.4, 0.5) is 0 Å². The molecule has 126 valence electrons. The lowest BCUT2D eigenvalue weighted by Gasteiger charge is -2.20. The van der Waals surface area contributed by atoms with Gasteiger partial charge in [-0.2, -0.15) is 0 Å². The molecule has 5 heteroatoms. The van der Waals surface area contributed by atoms with Gasteiger partial charge in [-0.1, -0.05) is 41.4 Å². The van der Waals surface area contributed by atoms with Gasteiger partial charge in [-0.05, 0) is 43.7 Å². The van der Waals surface area contributed by atoms with Crippen LogP contribution in [-0.4, -0.2) is 29.8 Å². The molecule has 0 aliphatic rings. The molecule has 1 N–H and O–H groups in total. The summed E-state index contributed by atoms with van der Waals surface area (Å²) in [6.07, 6.45) is 0. The van der Waals surface area contributed by atoms with Gasteiger partial charge in [0.05, 0.1) is 6.54 Å². The van der Waals surface area contributed by atoms with Gasteiger partial charge in [0.1, 0.15) is 0 Å². The van der Waals surface area contributed by atoms with E-state index in [0.717, 1.165) is 11.1 Å². The number of rotatable bonds is 6. The number of carbonyl (C=O) groups excluding carboxylic acids is 2. The summed E-state index contributed by atoms with van der Waals surface area (Å²) in [5.74, 6) is -0.327. The van der Waals surface area contributed by atoms with Gasteiger partial charge in [0.25, 0.3) is 5.91 Å². The second-order valence-electron chi connectivity index (χ2n) is 5.59. The number of hydrogen-bond donors (Lipinski definition) is 1. The number of nitrogens with zero attached hydrogens (tertiary/aromatic N) is 1. The summed E-state index contributed by atoms with van der Waals surface area (Å²) in [7, 11) is 0. The number of aryl methyl sites for hydroxylation is 1. The molecule has 0 spiro atoms. The van der Waals surface area contributed by atoms with Crippen LogP contribution >= 0.6 is 11.6 Å². The molecule has 0 aromatic heterocycles. The molecule has 0 fully saturated rings. The third-order valence-electron chi connectivity index (χ3n) is 3.70. The highest BCUT2D eigenvalue weighted by molar-refractivity contribution is 6.30. The van der Waals surface area contributed by atoms with Crippen molar-refractivity contribution in [3.05, 3.63) is 70.2 Å². The summed E-state index contributed by atoms with van der Waals surface area (Å²) in [6, 6.07) is 14.6. The van der Waals surface area contributed by atoms with E-state index in [4.69, 9.17) is 11.6 Å². The monoisotopic (exact) mass is 344 g/mol. The maximum absolute atomic E-state index is 12.5. The normalized spacial score (nSPS) is 10.3. The first kappa shape index (κ1) is 18.0. The van der Waals surface area contributed by atoms with E-state index in [0.29, 0.717) is 23.7 Å². The molecule has 4 nitrogen and oxygen atoms in total. The maximum Gasteiger partial charge on any atom is 0.254 e. The molecule has 0 radical (unpaired) electrons. The topological polar surface area (TPSA) is 49.4 Å².